The van der Waals surface area contributed by atoms with Crippen LogP contribution in [0.4, 0.5) is 0 Å². The lowest BCUT2D eigenvalue weighted by Gasteiger charge is -2.01. The minimum atomic E-state index is -0.379. The van der Waals surface area contributed by atoms with Gasteiger partial charge in [-0.3, -0.25) is 0 Å². The number of benzene rings is 1. The molecule has 1 fully saturated rings. The summed E-state index contributed by atoms with van der Waals surface area (Å²) in [5.41, 5.74) is 1.50. The van der Waals surface area contributed by atoms with Crippen LogP contribution < -0.4 is 0 Å². The minimum absolute atomic E-state index is 0.186. The van der Waals surface area contributed by atoms with Gasteiger partial charge in [0.15, 0.2) is 0 Å². The molecule has 0 amide bonds. The van der Waals surface area contributed by atoms with Crippen molar-refractivity contribution in [1.29, 1.82) is 0 Å². The second-order valence-electron chi connectivity index (χ2n) is 5.07. The van der Waals surface area contributed by atoms with Crippen molar-refractivity contribution in [3.63, 3.8) is 0 Å². The zero-order chi connectivity index (χ0) is 12.5. The zero-order valence-corrected chi connectivity index (χ0v) is 10.4. The highest BCUT2D eigenvalue weighted by Crippen LogP contribution is 2.63. The van der Waals surface area contributed by atoms with E-state index in [4.69, 9.17) is 0 Å². The Kier molecular flexibility index (Phi) is 3.01. The number of hydrogen-bond acceptors (Lipinski definition) is 3. The number of nitrogens with zero attached hydrogens (tertiary/aromatic N) is 1. The van der Waals surface area contributed by atoms with Gasteiger partial charge in [-0.15, -0.1) is 0 Å². The van der Waals surface area contributed by atoms with Gasteiger partial charge in [0.05, 0.1) is 0 Å². The van der Waals surface area contributed by atoms with E-state index in [-0.39, 0.29) is 11.4 Å². The molecule has 2 atom stereocenters. The molecule has 3 nitrogen and oxygen atoms in total. The second kappa shape index (κ2) is 4.32. The summed E-state index contributed by atoms with van der Waals surface area (Å²) in [7, 11) is 0. The van der Waals surface area contributed by atoms with Crippen molar-refractivity contribution in [3.8, 4) is 0 Å². The molecule has 1 aromatic carbocycles. The molecule has 0 bridgehead atoms. The molecule has 1 aromatic rings. The van der Waals surface area contributed by atoms with Crippen LogP contribution in [0.15, 0.2) is 35.5 Å². The Labute approximate surface area is 101 Å². The molecule has 17 heavy (non-hydrogen) atoms. The first-order chi connectivity index (χ1) is 8.03. The van der Waals surface area contributed by atoms with Crippen LogP contribution >= 0.6 is 0 Å². The molecular weight excluding hydrogens is 214 g/mol. The highest BCUT2D eigenvalue weighted by atomic mass is 16.7. The van der Waals surface area contributed by atoms with Crippen LogP contribution in [0.5, 0.6) is 0 Å². The summed E-state index contributed by atoms with van der Waals surface area (Å²) in [6, 6.07) is 10.4. The molecule has 3 heteroatoms. The van der Waals surface area contributed by atoms with E-state index in [0.717, 1.165) is 0 Å². The first kappa shape index (κ1) is 11.8. The first-order valence-corrected chi connectivity index (χ1v) is 5.79. The lowest BCUT2D eigenvalue weighted by molar-refractivity contribution is -0.140. The zero-order valence-electron chi connectivity index (χ0n) is 10.4. The van der Waals surface area contributed by atoms with E-state index in [0.29, 0.717) is 11.8 Å². The van der Waals surface area contributed by atoms with Gasteiger partial charge >= 0.3 is 5.97 Å². The van der Waals surface area contributed by atoms with Crippen molar-refractivity contribution < 1.29 is 9.63 Å². The fourth-order valence-electron chi connectivity index (χ4n) is 2.42. The van der Waals surface area contributed by atoms with Gasteiger partial charge in [-0.1, -0.05) is 49.3 Å². The van der Waals surface area contributed by atoms with E-state index < -0.39 is 0 Å². The van der Waals surface area contributed by atoms with Crippen LogP contribution in [-0.2, 0) is 9.63 Å². The van der Waals surface area contributed by atoms with E-state index in [2.05, 4.69) is 36.0 Å². The normalized spacial score (nSPS) is 25.8. The highest BCUT2D eigenvalue weighted by Gasteiger charge is 2.57. The third-order valence-electron chi connectivity index (χ3n) is 3.47. The van der Waals surface area contributed by atoms with Gasteiger partial charge < -0.3 is 4.84 Å². The maximum Gasteiger partial charge on any atom is 0.331 e. The maximum atomic E-state index is 10.6. The summed E-state index contributed by atoms with van der Waals surface area (Å²) in [5.74, 6) is 0.420. The van der Waals surface area contributed by atoms with Gasteiger partial charge in [0.2, 0.25) is 0 Å². The van der Waals surface area contributed by atoms with E-state index in [1.807, 2.05) is 18.2 Å². The molecule has 0 spiro atoms. The quantitative estimate of drug-likeness (QED) is 0.455. The Balaban J connectivity index is 2.06. The molecule has 2 unspecified atom stereocenters. The molecule has 0 aromatic heterocycles. The van der Waals surface area contributed by atoms with Crippen LogP contribution in [0.3, 0.4) is 0 Å². The monoisotopic (exact) mass is 231 g/mol. The van der Waals surface area contributed by atoms with Crippen LogP contribution in [0.2, 0.25) is 0 Å². The van der Waals surface area contributed by atoms with E-state index in [9.17, 15) is 4.79 Å². The maximum absolute atomic E-state index is 10.6. The number of oxime groups is 1. The van der Waals surface area contributed by atoms with Crippen molar-refractivity contribution in [1.82, 2.24) is 0 Å². The number of hydrogen-bond donors (Lipinski definition) is 0. The molecule has 2 rings (SSSR count). The Morgan fingerprint density at radius 1 is 1.35 bits per heavy atom. The predicted molar refractivity (Wildman–Crippen MR) is 66.7 cm³/mol. The SMILES string of the molecule is CC(=O)O/N=C/C1C(c2ccccc2)C1(C)C. The fourth-order valence-corrected chi connectivity index (χ4v) is 2.42. The smallest absolute Gasteiger partial charge is 0.319 e. The van der Waals surface area contributed by atoms with Gasteiger partial charge in [0.1, 0.15) is 0 Å². The molecule has 90 valence electrons. The van der Waals surface area contributed by atoms with Crippen molar-refractivity contribution >= 4 is 12.2 Å². The fraction of sp³-hybridized carbons (Fsp3) is 0.429. The van der Waals surface area contributed by atoms with Crippen LogP contribution in [0.1, 0.15) is 32.3 Å². The lowest BCUT2D eigenvalue weighted by atomic mass is 10.0. The van der Waals surface area contributed by atoms with Crippen LogP contribution in [0.25, 0.3) is 0 Å². The summed E-state index contributed by atoms with van der Waals surface area (Å²) in [5, 5.41) is 3.73. The molecule has 0 heterocycles. The summed E-state index contributed by atoms with van der Waals surface area (Å²) < 4.78 is 0. The van der Waals surface area contributed by atoms with Gasteiger partial charge in [0.25, 0.3) is 0 Å². The Morgan fingerprint density at radius 3 is 2.59 bits per heavy atom. The largest absolute Gasteiger partial charge is 0.331 e. The summed E-state index contributed by atoms with van der Waals surface area (Å²) in [4.78, 5) is 15.2. The molecule has 0 radical (unpaired) electrons. The van der Waals surface area contributed by atoms with Gasteiger partial charge in [-0.2, -0.15) is 0 Å². The number of carbonyl (C=O) groups excluding carboxylic acids is 1. The highest BCUT2D eigenvalue weighted by molar-refractivity contribution is 5.71. The molecule has 1 aliphatic rings. The standard InChI is InChI=1S/C14H17NO2/c1-10(16)17-15-9-12-13(14(12,2)3)11-7-5-4-6-8-11/h4-9,12-13H,1-3H3/b15-9+. The van der Waals surface area contributed by atoms with Gasteiger partial charge in [-0.05, 0) is 16.9 Å². The Hall–Kier alpha value is -1.64. The second-order valence-corrected chi connectivity index (χ2v) is 5.07. The minimum Gasteiger partial charge on any atom is -0.319 e. The third-order valence-corrected chi connectivity index (χ3v) is 3.47. The van der Waals surface area contributed by atoms with Crippen molar-refractivity contribution in [2.75, 3.05) is 0 Å². The molecule has 0 aliphatic heterocycles. The average Bonchev–Trinajstić information content (AvgIpc) is 2.81. The van der Waals surface area contributed by atoms with Crippen molar-refractivity contribution in [2.45, 2.75) is 26.7 Å². The van der Waals surface area contributed by atoms with E-state index >= 15 is 0 Å². The van der Waals surface area contributed by atoms with Gasteiger partial charge in [0, 0.05) is 19.1 Å². The summed E-state index contributed by atoms with van der Waals surface area (Å²) in [6.45, 7) is 5.76. The topological polar surface area (TPSA) is 38.7 Å². The molecule has 0 saturated heterocycles. The Bertz CT molecular complexity index is 437. The molecule has 1 aliphatic carbocycles. The number of rotatable bonds is 3. The van der Waals surface area contributed by atoms with Gasteiger partial charge in [-0.25, -0.2) is 4.79 Å². The number of carbonyl (C=O) groups is 1. The summed E-state index contributed by atoms with van der Waals surface area (Å²) >= 11 is 0. The van der Waals surface area contributed by atoms with E-state index in [1.165, 1.54) is 12.5 Å². The third kappa shape index (κ3) is 2.38. The molecular formula is C14H17NO2. The predicted octanol–water partition coefficient (Wildman–Crippen LogP) is 2.98. The molecule has 1 saturated carbocycles. The van der Waals surface area contributed by atoms with Crippen LogP contribution in [0, 0.1) is 11.3 Å². The van der Waals surface area contributed by atoms with Crippen LogP contribution in [-0.4, -0.2) is 12.2 Å². The lowest BCUT2D eigenvalue weighted by Crippen LogP contribution is -1.94. The average molecular weight is 231 g/mol. The molecule has 0 N–H and O–H groups in total. The van der Waals surface area contributed by atoms with Crippen molar-refractivity contribution in [2.24, 2.45) is 16.5 Å². The Morgan fingerprint density at radius 2 is 2.00 bits per heavy atom. The van der Waals surface area contributed by atoms with Crippen molar-refractivity contribution in [3.05, 3.63) is 35.9 Å². The summed E-state index contributed by atoms with van der Waals surface area (Å²) in [6.07, 6.45) is 1.75. The first-order valence-electron chi connectivity index (χ1n) is 5.79. The van der Waals surface area contributed by atoms with E-state index in [1.54, 1.807) is 6.21 Å².